The second kappa shape index (κ2) is 9.33. The van der Waals surface area contributed by atoms with Crippen LogP contribution in [0.3, 0.4) is 0 Å². The quantitative estimate of drug-likeness (QED) is 0.558. The lowest BCUT2D eigenvalue weighted by Gasteiger charge is -2.20. The standard InChI is InChI=1S/C12H13N3O3S.C10H14/c16-9-14-5-10-7-15(8-11(10)6-14)19(17,18)12-2-1-3-13-4-12;1-9(2)8-10-6-4-3-5-7-10/h1-4,9H,5-8H2;3-7,9H,8H2,1-2H3. The van der Waals surface area contributed by atoms with Gasteiger partial charge in [-0.15, -0.1) is 0 Å². The molecule has 1 aromatic heterocycles. The third kappa shape index (κ3) is 5.31. The molecular weight excluding hydrogens is 386 g/mol. The number of hydrogen-bond acceptors (Lipinski definition) is 4. The molecule has 0 unspecified atom stereocenters. The number of aromatic nitrogens is 1. The summed E-state index contributed by atoms with van der Waals surface area (Å²) in [4.78, 5) is 16.4. The van der Waals surface area contributed by atoms with Gasteiger partial charge in [0.05, 0.1) is 0 Å². The number of hydrogen-bond donors (Lipinski definition) is 0. The molecule has 1 aromatic carbocycles. The second-order valence-electron chi connectivity index (χ2n) is 7.76. The predicted molar refractivity (Wildman–Crippen MR) is 113 cm³/mol. The SMILES string of the molecule is CC(C)Cc1ccccc1.O=CN1CC2=C(C1)CN(S(=O)(=O)c1cccnc1)C2. The van der Waals surface area contributed by atoms with Gasteiger partial charge >= 0.3 is 0 Å². The van der Waals surface area contributed by atoms with Crippen molar-refractivity contribution in [2.45, 2.75) is 25.2 Å². The maximum atomic E-state index is 12.4. The molecule has 2 aliphatic heterocycles. The Bertz CT molecular complexity index is 939. The number of nitrogens with zero attached hydrogens (tertiary/aromatic N) is 3. The Morgan fingerprint density at radius 2 is 1.66 bits per heavy atom. The van der Waals surface area contributed by atoms with Crippen LogP contribution in [0.25, 0.3) is 0 Å². The third-order valence-corrected chi connectivity index (χ3v) is 6.71. The maximum Gasteiger partial charge on any atom is 0.245 e. The summed E-state index contributed by atoms with van der Waals surface area (Å²) in [7, 11) is -3.48. The number of pyridine rings is 1. The molecule has 154 valence electrons. The molecular formula is C22H27N3O3S. The zero-order valence-electron chi connectivity index (χ0n) is 16.9. The molecule has 0 saturated heterocycles. The minimum atomic E-state index is -3.48. The first-order chi connectivity index (χ1) is 13.9. The average molecular weight is 414 g/mol. The van der Waals surface area contributed by atoms with Crippen LogP contribution >= 0.6 is 0 Å². The summed E-state index contributed by atoms with van der Waals surface area (Å²) in [6.45, 7) is 6.31. The van der Waals surface area contributed by atoms with Crippen LogP contribution in [0, 0.1) is 5.92 Å². The van der Waals surface area contributed by atoms with E-state index in [0.29, 0.717) is 26.2 Å². The number of carbonyl (C=O) groups is 1. The largest absolute Gasteiger partial charge is 0.337 e. The highest BCUT2D eigenvalue weighted by Crippen LogP contribution is 2.28. The zero-order chi connectivity index (χ0) is 20.9. The monoisotopic (exact) mass is 413 g/mol. The fourth-order valence-corrected chi connectivity index (χ4v) is 4.95. The van der Waals surface area contributed by atoms with Gasteiger partial charge in [-0.1, -0.05) is 44.2 Å². The summed E-state index contributed by atoms with van der Waals surface area (Å²) in [5, 5.41) is 0. The zero-order valence-corrected chi connectivity index (χ0v) is 17.7. The number of carbonyl (C=O) groups excluding carboxylic acids is 1. The van der Waals surface area contributed by atoms with Gasteiger partial charge in [0.2, 0.25) is 16.4 Å². The highest BCUT2D eigenvalue weighted by molar-refractivity contribution is 7.89. The topological polar surface area (TPSA) is 70.6 Å². The van der Waals surface area contributed by atoms with Gasteiger partial charge in [0.1, 0.15) is 4.90 Å². The number of benzene rings is 1. The van der Waals surface area contributed by atoms with Crippen LogP contribution in [-0.4, -0.2) is 55.2 Å². The van der Waals surface area contributed by atoms with E-state index < -0.39 is 10.0 Å². The lowest BCUT2D eigenvalue weighted by molar-refractivity contribution is -0.117. The Morgan fingerprint density at radius 1 is 1.00 bits per heavy atom. The van der Waals surface area contributed by atoms with Gasteiger partial charge in [-0.25, -0.2) is 8.42 Å². The van der Waals surface area contributed by atoms with Crippen molar-refractivity contribution in [1.29, 1.82) is 0 Å². The van der Waals surface area contributed by atoms with E-state index in [1.807, 2.05) is 0 Å². The van der Waals surface area contributed by atoms with Crippen LogP contribution < -0.4 is 0 Å². The molecule has 0 atom stereocenters. The molecule has 0 radical (unpaired) electrons. The van der Waals surface area contributed by atoms with Crippen molar-refractivity contribution < 1.29 is 13.2 Å². The second-order valence-corrected chi connectivity index (χ2v) is 9.70. The van der Waals surface area contributed by atoms with Crippen molar-refractivity contribution >= 4 is 16.4 Å². The van der Waals surface area contributed by atoms with Crippen molar-refractivity contribution in [2.75, 3.05) is 26.2 Å². The molecule has 0 saturated carbocycles. The molecule has 2 aromatic rings. The lowest BCUT2D eigenvalue weighted by atomic mass is 10.0. The maximum absolute atomic E-state index is 12.4. The predicted octanol–water partition coefficient (Wildman–Crippen LogP) is 2.74. The Balaban J connectivity index is 0.000000204. The minimum Gasteiger partial charge on any atom is -0.337 e. The number of rotatable bonds is 5. The number of sulfonamides is 1. The van der Waals surface area contributed by atoms with Crippen LogP contribution in [0.15, 0.2) is 70.9 Å². The summed E-state index contributed by atoms with van der Waals surface area (Å²) in [6, 6.07) is 13.8. The van der Waals surface area contributed by atoms with Crippen molar-refractivity contribution in [3.63, 3.8) is 0 Å². The van der Waals surface area contributed by atoms with Gasteiger partial charge in [0, 0.05) is 38.6 Å². The van der Waals surface area contributed by atoms with Gasteiger partial charge in [-0.05, 0) is 41.2 Å². The van der Waals surface area contributed by atoms with Crippen LogP contribution in [0.4, 0.5) is 0 Å². The highest BCUT2D eigenvalue weighted by Gasteiger charge is 2.35. The first-order valence-corrected chi connectivity index (χ1v) is 11.2. The fraction of sp³-hybridized carbons (Fsp3) is 0.364. The first kappa shape index (κ1) is 21.2. The highest BCUT2D eigenvalue weighted by atomic mass is 32.2. The fourth-order valence-electron chi connectivity index (χ4n) is 3.55. The molecule has 2 aliphatic rings. The summed E-state index contributed by atoms with van der Waals surface area (Å²) < 4.78 is 26.2. The normalized spacial score (nSPS) is 16.6. The Morgan fingerprint density at radius 3 is 2.17 bits per heavy atom. The summed E-state index contributed by atoms with van der Waals surface area (Å²) >= 11 is 0. The summed E-state index contributed by atoms with van der Waals surface area (Å²) in [6.07, 6.45) is 4.90. The molecule has 6 nitrogen and oxygen atoms in total. The van der Waals surface area contributed by atoms with E-state index in [1.165, 1.54) is 22.5 Å². The van der Waals surface area contributed by atoms with Crippen LogP contribution in [-0.2, 0) is 21.2 Å². The van der Waals surface area contributed by atoms with Gasteiger partial charge in [-0.3, -0.25) is 9.78 Å². The van der Waals surface area contributed by atoms with E-state index in [-0.39, 0.29) is 4.90 Å². The van der Waals surface area contributed by atoms with Gasteiger partial charge < -0.3 is 4.90 Å². The molecule has 1 amide bonds. The number of amides is 1. The van der Waals surface area contributed by atoms with Crippen LogP contribution in [0.1, 0.15) is 19.4 Å². The van der Waals surface area contributed by atoms with Gasteiger partial charge in [0.15, 0.2) is 0 Å². The van der Waals surface area contributed by atoms with Gasteiger partial charge in [-0.2, -0.15) is 4.31 Å². The van der Waals surface area contributed by atoms with E-state index in [2.05, 4.69) is 49.2 Å². The molecule has 29 heavy (non-hydrogen) atoms. The molecule has 0 bridgehead atoms. The van der Waals surface area contributed by atoms with Crippen molar-refractivity contribution in [1.82, 2.24) is 14.2 Å². The smallest absolute Gasteiger partial charge is 0.245 e. The van der Waals surface area contributed by atoms with Crippen LogP contribution in [0.2, 0.25) is 0 Å². The van der Waals surface area contributed by atoms with E-state index in [4.69, 9.17) is 0 Å². The van der Waals surface area contributed by atoms with Crippen molar-refractivity contribution in [3.8, 4) is 0 Å². The Labute approximate surface area is 172 Å². The summed E-state index contributed by atoms with van der Waals surface area (Å²) in [5.41, 5.74) is 3.52. The third-order valence-electron chi connectivity index (χ3n) is 4.93. The molecule has 4 rings (SSSR count). The van der Waals surface area contributed by atoms with E-state index in [1.54, 1.807) is 23.2 Å². The Kier molecular flexibility index (Phi) is 6.82. The molecule has 0 aliphatic carbocycles. The Hall–Kier alpha value is -2.51. The van der Waals surface area contributed by atoms with Gasteiger partial charge in [0.25, 0.3) is 0 Å². The average Bonchev–Trinajstić information content (AvgIpc) is 3.29. The molecule has 0 fully saturated rings. The van der Waals surface area contributed by atoms with E-state index in [9.17, 15) is 13.2 Å². The van der Waals surface area contributed by atoms with Crippen molar-refractivity contribution in [2.24, 2.45) is 5.92 Å². The minimum absolute atomic E-state index is 0.211. The van der Waals surface area contributed by atoms with E-state index in [0.717, 1.165) is 23.5 Å². The molecule has 7 heteroatoms. The summed E-state index contributed by atoms with van der Waals surface area (Å²) in [5.74, 6) is 0.766. The van der Waals surface area contributed by atoms with E-state index >= 15 is 0 Å². The van der Waals surface area contributed by atoms with Crippen molar-refractivity contribution in [3.05, 3.63) is 71.6 Å². The molecule has 0 spiro atoms. The molecule has 3 heterocycles. The first-order valence-electron chi connectivity index (χ1n) is 9.73. The van der Waals surface area contributed by atoms with Crippen LogP contribution in [0.5, 0.6) is 0 Å². The molecule has 0 N–H and O–H groups in total. The lowest BCUT2D eigenvalue weighted by Crippen LogP contribution is -2.33.